The standard InChI is InChI=1S/C15H24N2O6S/c1-3-8(2)11(16-13(20)12(24)10(19)7-18)14(21)17-6-4-5-9(17)15(22)23/h7-12,19,24H,3-6H2,1-2H3,(H,16,20)(H,22,23)/t8-,9-,10-,11-,12-/m0/s1. The summed E-state index contributed by atoms with van der Waals surface area (Å²) >= 11 is 3.89. The van der Waals surface area contributed by atoms with Gasteiger partial charge in [-0.15, -0.1) is 0 Å². The average Bonchev–Trinajstić information content (AvgIpc) is 3.06. The van der Waals surface area contributed by atoms with Crippen molar-refractivity contribution < 1.29 is 29.4 Å². The lowest BCUT2D eigenvalue weighted by molar-refractivity contribution is -0.150. The Morgan fingerprint density at radius 1 is 1.42 bits per heavy atom. The zero-order valence-corrected chi connectivity index (χ0v) is 14.6. The molecule has 0 saturated carbocycles. The van der Waals surface area contributed by atoms with Gasteiger partial charge in [0.25, 0.3) is 0 Å². The summed E-state index contributed by atoms with van der Waals surface area (Å²) in [6, 6.07) is -1.83. The number of hydrogen-bond donors (Lipinski definition) is 4. The number of carboxylic acid groups (broad SMARTS) is 1. The number of aliphatic carboxylic acids is 1. The highest BCUT2D eigenvalue weighted by atomic mass is 32.1. The highest BCUT2D eigenvalue weighted by Gasteiger charge is 2.39. The van der Waals surface area contributed by atoms with Crippen molar-refractivity contribution in [1.82, 2.24) is 10.2 Å². The molecule has 1 rings (SSSR count). The molecule has 0 aliphatic carbocycles. The van der Waals surface area contributed by atoms with Crippen molar-refractivity contribution >= 4 is 36.7 Å². The van der Waals surface area contributed by atoms with Crippen LogP contribution in [0, 0.1) is 5.92 Å². The quantitative estimate of drug-likeness (QED) is 0.340. The van der Waals surface area contributed by atoms with Crippen LogP contribution in [0.3, 0.4) is 0 Å². The minimum absolute atomic E-state index is 0.193. The molecule has 0 aromatic carbocycles. The lowest BCUT2D eigenvalue weighted by Gasteiger charge is -2.31. The molecular formula is C15H24N2O6S. The van der Waals surface area contributed by atoms with Gasteiger partial charge < -0.3 is 25.2 Å². The van der Waals surface area contributed by atoms with Gasteiger partial charge in [-0.05, 0) is 18.8 Å². The van der Waals surface area contributed by atoms with Gasteiger partial charge in [0.15, 0.2) is 0 Å². The van der Waals surface area contributed by atoms with Crippen LogP contribution in [0.5, 0.6) is 0 Å². The lowest BCUT2D eigenvalue weighted by atomic mass is 9.97. The summed E-state index contributed by atoms with van der Waals surface area (Å²) < 4.78 is 0. The van der Waals surface area contributed by atoms with Gasteiger partial charge in [0.2, 0.25) is 11.8 Å². The van der Waals surface area contributed by atoms with E-state index in [0.717, 1.165) is 0 Å². The van der Waals surface area contributed by atoms with Crippen LogP contribution >= 0.6 is 12.6 Å². The Hall–Kier alpha value is -1.61. The molecule has 0 bridgehead atoms. The van der Waals surface area contributed by atoms with Gasteiger partial charge in [0.1, 0.15) is 29.7 Å². The van der Waals surface area contributed by atoms with Crippen LogP contribution < -0.4 is 5.32 Å². The second-order valence-electron chi connectivity index (χ2n) is 5.97. The first-order chi connectivity index (χ1) is 11.2. The Bertz CT molecular complexity index is 500. The predicted molar refractivity (Wildman–Crippen MR) is 88.6 cm³/mol. The van der Waals surface area contributed by atoms with Crippen molar-refractivity contribution in [2.45, 2.75) is 56.5 Å². The normalized spacial score (nSPS) is 22.3. The first-order valence-corrected chi connectivity index (χ1v) is 8.41. The maximum Gasteiger partial charge on any atom is 0.326 e. The van der Waals surface area contributed by atoms with E-state index < -0.39 is 41.2 Å². The van der Waals surface area contributed by atoms with Gasteiger partial charge >= 0.3 is 5.97 Å². The smallest absolute Gasteiger partial charge is 0.326 e. The molecule has 1 heterocycles. The van der Waals surface area contributed by atoms with Crippen molar-refractivity contribution in [2.24, 2.45) is 5.92 Å². The Labute approximate surface area is 146 Å². The van der Waals surface area contributed by atoms with Crippen molar-refractivity contribution in [3.8, 4) is 0 Å². The number of carboxylic acids is 1. The van der Waals surface area contributed by atoms with Crippen molar-refractivity contribution in [3.63, 3.8) is 0 Å². The first kappa shape index (κ1) is 20.4. The summed E-state index contributed by atoms with van der Waals surface area (Å²) in [5.74, 6) is -2.53. The number of nitrogens with zero attached hydrogens (tertiary/aromatic N) is 1. The molecule has 8 nitrogen and oxygen atoms in total. The molecule has 0 radical (unpaired) electrons. The summed E-state index contributed by atoms with van der Waals surface area (Å²) in [4.78, 5) is 48.0. The van der Waals surface area contributed by atoms with Crippen LogP contribution in [-0.4, -0.2) is 69.2 Å². The zero-order chi connectivity index (χ0) is 18.4. The monoisotopic (exact) mass is 360 g/mol. The predicted octanol–water partition coefficient (Wildman–Crippen LogP) is -0.549. The topological polar surface area (TPSA) is 124 Å². The highest BCUT2D eigenvalue weighted by molar-refractivity contribution is 7.81. The third kappa shape index (κ3) is 4.70. The summed E-state index contributed by atoms with van der Waals surface area (Å²) in [7, 11) is 0. The number of carbonyl (C=O) groups is 4. The van der Waals surface area contributed by atoms with E-state index in [1.54, 1.807) is 6.92 Å². The van der Waals surface area contributed by atoms with Gasteiger partial charge in [-0.2, -0.15) is 12.6 Å². The van der Waals surface area contributed by atoms with E-state index in [9.17, 15) is 29.4 Å². The molecule has 136 valence electrons. The second kappa shape index (κ2) is 9.03. The Kier molecular flexibility index (Phi) is 7.68. The number of likely N-dealkylation sites (tertiary alicyclic amines) is 1. The molecule has 5 atom stereocenters. The maximum absolute atomic E-state index is 12.7. The summed E-state index contributed by atoms with van der Waals surface area (Å²) in [6.45, 7) is 3.92. The highest BCUT2D eigenvalue weighted by Crippen LogP contribution is 2.21. The van der Waals surface area contributed by atoms with E-state index in [2.05, 4.69) is 17.9 Å². The molecule has 24 heavy (non-hydrogen) atoms. The van der Waals surface area contributed by atoms with E-state index in [1.165, 1.54) is 4.90 Å². The fourth-order valence-corrected chi connectivity index (χ4v) is 2.76. The number of aliphatic hydroxyl groups excluding tert-OH is 1. The molecule has 1 aliphatic rings. The van der Waals surface area contributed by atoms with Gasteiger partial charge in [-0.25, -0.2) is 4.79 Å². The number of thiol groups is 1. The maximum atomic E-state index is 12.7. The molecule has 0 aromatic heterocycles. The van der Waals surface area contributed by atoms with E-state index in [4.69, 9.17) is 0 Å². The molecule has 1 fully saturated rings. The number of rotatable bonds is 8. The molecule has 2 amide bonds. The minimum atomic E-state index is -1.58. The molecule has 0 unspecified atom stereocenters. The van der Waals surface area contributed by atoms with Gasteiger partial charge in [0.05, 0.1) is 0 Å². The van der Waals surface area contributed by atoms with Gasteiger partial charge in [0, 0.05) is 6.54 Å². The van der Waals surface area contributed by atoms with Crippen LogP contribution in [-0.2, 0) is 19.2 Å². The van der Waals surface area contributed by atoms with E-state index in [0.29, 0.717) is 25.8 Å². The van der Waals surface area contributed by atoms with Crippen molar-refractivity contribution in [2.75, 3.05) is 6.54 Å². The Balaban J connectivity index is 2.92. The number of hydrogen-bond acceptors (Lipinski definition) is 6. The zero-order valence-electron chi connectivity index (χ0n) is 13.7. The molecular weight excluding hydrogens is 336 g/mol. The number of aliphatic hydroxyl groups is 1. The summed E-state index contributed by atoms with van der Waals surface area (Å²) in [6.07, 6.45) is 0.151. The number of aldehydes is 1. The number of carbonyl (C=O) groups excluding carboxylic acids is 3. The van der Waals surface area contributed by atoms with Gasteiger partial charge in [-0.1, -0.05) is 20.3 Å². The molecule has 0 aromatic rings. The molecule has 1 saturated heterocycles. The second-order valence-corrected chi connectivity index (χ2v) is 6.53. The van der Waals surface area contributed by atoms with E-state index in [-0.39, 0.29) is 12.2 Å². The Morgan fingerprint density at radius 2 is 2.04 bits per heavy atom. The summed E-state index contributed by atoms with van der Waals surface area (Å²) in [5, 5.41) is 19.8. The minimum Gasteiger partial charge on any atom is -0.480 e. The SMILES string of the molecule is CC[C@H](C)[C@H](NC(=O)[C@@H](S)[C@@H](O)C=O)C(=O)N1CCC[C@H]1C(=O)O. The van der Waals surface area contributed by atoms with Crippen molar-refractivity contribution in [3.05, 3.63) is 0 Å². The third-order valence-corrected chi connectivity index (χ3v) is 4.87. The van der Waals surface area contributed by atoms with Crippen LogP contribution in [0.4, 0.5) is 0 Å². The average molecular weight is 360 g/mol. The van der Waals surface area contributed by atoms with Crippen molar-refractivity contribution in [1.29, 1.82) is 0 Å². The van der Waals surface area contributed by atoms with Gasteiger partial charge in [-0.3, -0.25) is 9.59 Å². The summed E-state index contributed by atoms with van der Waals surface area (Å²) in [5.41, 5.74) is 0. The fourth-order valence-electron chi connectivity index (χ4n) is 2.62. The molecule has 3 N–H and O–H groups in total. The van der Waals surface area contributed by atoms with E-state index in [1.807, 2.05) is 6.92 Å². The largest absolute Gasteiger partial charge is 0.480 e. The molecule has 9 heteroatoms. The first-order valence-electron chi connectivity index (χ1n) is 7.89. The van der Waals surface area contributed by atoms with Crippen LogP contribution in [0.2, 0.25) is 0 Å². The number of nitrogens with one attached hydrogen (secondary N) is 1. The molecule has 0 spiro atoms. The van der Waals surface area contributed by atoms with Crippen LogP contribution in [0.1, 0.15) is 33.1 Å². The Morgan fingerprint density at radius 3 is 2.54 bits per heavy atom. The third-order valence-electron chi connectivity index (χ3n) is 4.33. The van der Waals surface area contributed by atoms with Crippen LogP contribution in [0.25, 0.3) is 0 Å². The number of amides is 2. The molecule has 1 aliphatic heterocycles. The fraction of sp³-hybridized carbons (Fsp3) is 0.733. The van der Waals surface area contributed by atoms with E-state index >= 15 is 0 Å². The lowest BCUT2D eigenvalue weighted by Crippen LogP contribution is -2.56. The van der Waals surface area contributed by atoms with Crippen LogP contribution in [0.15, 0.2) is 0 Å².